The lowest BCUT2D eigenvalue weighted by atomic mass is 10.0. The van der Waals surface area contributed by atoms with Gasteiger partial charge in [0, 0.05) is 12.6 Å². The Morgan fingerprint density at radius 1 is 1.22 bits per heavy atom. The first-order valence-corrected chi connectivity index (χ1v) is 7.27. The molecule has 0 aromatic carbocycles. The van der Waals surface area contributed by atoms with Gasteiger partial charge in [0.2, 0.25) is 5.91 Å². The number of amides is 1. The Hall–Kier alpha value is -0.610. The number of nitrogens with two attached hydrogens (primary N) is 1. The van der Waals surface area contributed by atoms with Crippen LogP contribution in [0.4, 0.5) is 0 Å². The largest absolute Gasteiger partial charge is 0.351 e. The van der Waals surface area contributed by atoms with Crippen LogP contribution in [-0.4, -0.2) is 42.5 Å². The van der Waals surface area contributed by atoms with Crippen LogP contribution in [0.1, 0.15) is 46.5 Å². The Balaban J connectivity index is 2.25. The van der Waals surface area contributed by atoms with Crippen molar-refractivity contribution in [2.24, 2.45) is 11.7 Å². The number of carbonyl (C=O) groups excluding carboxylic acids is 1. The molecule has 4 nitrogen and oxygen atoms in total. The van der Waals surface area contributed by atoms with Crippen molar-refractivity contribution in [1.29, 1.82) is 0 Å². The zero-order valence-electron chi connectivity index (χ0n) is 12.1. The molecule has 106 valence electrons. The average Bonchev–Trinajstić information content (AvgIpc) is 2.29. The van der Waals surface area contributed by atoms with Gasteiger partial charge in [-0.2, -0.15) is 0 Å². The molecule has 1 saturated heterocycles. The second-order valence-corrected chi connectivity index (χ2v) is 6.01. The molecule has 1 aliphatic rings. The van der Waals surface area contributed by atoms with Crippen LogP contribution in [0.2, 0.25) is 0 Å². The molecule has 4 heteroatoms. The number of piperidine rings is 1. The Morgan fingerprint density at radius 3 is 2.39 bits per heavy atom. The second-order valence-electron chi connectivity index (χ2n) is 6.01. The van der Waals surface area contributed by atoms with Gasteiger partial charge < -0.3 is 16.0 Å². The van der Waals surface area contributed by atoms with Crippen LogP contribution < -0.4 is 11.1 Å². The maximum absolute atomic E-state index is 11.9. The van der Waals surface area contributed by atoms with Gasteiger partial charge in [0.05, 0.1) is 6.04 Å². The van der Waals surface area contributed by atoms with Crippen LogP contribution in [0.25, 0.3) is 0 Å². The molecule has 0 saturated carbocycles. The standard InChI is InChI=1S/C14H29N3O/c1-11(2)9-13(15)14(18)16-12(3)10-17-7-5-4-6-8-17/h11-13H,4-10,15H2,1-3H3,(H,16,18). The molecule has 2 unspecified atom stereocenters. The van der Waals surface area contributed by atoms with E-state index >= 15 is 0 Å². The van der Waals surface area contributed by atoms with E-state index in [1.807, 2.05) is 0 Å². The van der Waals surface area contributed by atoms with Gasteiger partial charge in [0.1, 0.15) is 0 Å². The summed E-state index contributed by atoms with van der Waals surface area (Å²) in [5.41, 5.74) is 5.87. The fourth-order valence-corrected chi connectivity index (χ4v) is 2.54. The Kier molecular flexibility index (Phi) is 6.65. The maximum Gasteiger partial charge on any atom is 0.237 e. The molecule has 0 aromatic rings. The highest BCUT2D eigenvalue weighted by molar-refractivity contribution is 5.81. The van der Waals surface area contributed by atoms with Gasteiger partial charge in [-0.3, -0.25) is 4.79 Å². The van der Waals surface area contributed by atoms with Crippen molar-refractivity contribution in [2.75, 3.05) is 19.6 Å². The summed E-state index contributed by atoms with van der Waals surface area (Å²) in [6.07, 6.45) is 4.67. The van der Waals surface area contributed by atoms with Gasteiger partial charge in [0.15, 0.2) is 0 Å². The van der Waals surface area contributed by atoms with Crippen LogP contribution in [0.15, 0.2) is 0 Å². The van der Waals surface area contributed by atoms with E-state index in [1.165, 1.54) is 19.3 Å². The lowest BCUT2D eigenvalue weighted by Gasteiger charge is -2.29. The first-order chi connectivity index (χ1) is 8.49. The maximum atomic E-state index is 11.9. The van der Waals surface area contributed by atoms with E-state index in [0.717, 1.165) is 26.1 Å². The average molecular weight is 255 g/mol. The van der Waals surface area contributed by atoms with Gasteiger partial charge >= 0.3 is 0 Å². The van der Waals surface area contributed by atoms with E-state index in [-0.39, 0.29) is 18.0 Å². The van der Waals surface area contributed by atoms with Crippen LogP contribution in [0.5, 0.6) is 0 Å². The van der Waals surface area contributed by atoms with Gasteiger partial charge in [-0.05, 0) is 45.2 Å². The molecular formula is C14H29N3O. The zero-order valence-corrected chi connectivity index (χ0v) is 12.1. The topological polar surface area (TPSA) is 58.4 Å². The van der Waals surface area contributed by atoms with Crippen LogP contribution >= 0.6 is 0 Å². The monoisotopic (exact) mass is 255 g/mol. The molecule has 1 fully saturated rings. The highest BCUT2D eigenvalue weighted by Crippen LogP contribution is 2.09. The van der Waals surface area contributed by atoms with E-state index in [1.54, 1.807) is 0 Å². The molecule has 0 aromatic heterocycles. The van der Waals surface area contributed by atoms with Crippen molar-refractivity contribution in [1.82, 2.24) is 10.2 Å². The molecular weight excluding hydrogens is 226 g/mol. The summed E-state index contributed by atoms with van der Waals surface area (Å²) in [6.45, 7) is 9.51. The summed E-state index contributed by atoms with van der Waals surface area (Å²) < 4.78 is 0. The first-order valence-electron chi connectivity index (χ1n) is 7.27. The third-order valence-corrected chi connectivity index (χ3v) is 3.43. The number of rotatable bonds is 6. The Morgan fingerprint density at radius 2 is 1.83 bits per heavy atom. The molecule has 0 aliphatic carbocycles. The lowest BCUT2D eigenvalue weighted by Crippen LogP contribution is -2.49. The quantitative estimate of drug-likeness (QED) is 0.753. The first kappa shape index (κ1) is 15.4. The highest BCUT2D eigenvalue weighted by atomic mass is 16.2. The molecule has 1 heterocycles. The number of nitrogens with one attached hydrogen (secondary N) is 1. The number of hydrogen-bond donors (Lipinski definition) is 2. The van der Waals surface area contributed by atoms with Gasteiger partial charge in [0.25, 0.3) is 0 Å². The lowest BCUT2D eigenvalue weighted by molar-refractivity contribution is -0.123. The third kappa shape index (κ3) is 5.83. The minimum absolute atomic E-state index is 0.00629. The summed E-state index contributed by atoms with van der Waals surface area (Å²) in [5.74, 6) is 0.455. The molecule has 0 bridgehead atoms. The molecule has 18 heavy (non-hydrogen) atoms. The normalized spacial score (nSPS) is 20.7. The summed E-state index contributed by atoms with van der Waals surface area (Å²) in [4.78, 5) is 14.3. The minimum Gasteiger partial charge on any atom is -0.351 e. The number of nitrogens with zero attached hydrogens (tertiary/aromatic N) is 1. The van der Waals surface area contributed by atoms with Crippen molar-refractivity contribution in [2.45, 2.75) is 58.5 Å². The van der Waals surface area contributed by atoms with Crippen molar-refractivity contribution in [3.05, 3.63) is 0 Å². The molecule has 1 rings (SSSR count). The number of carbonyl (C=O) groups is 1. The van der Waals surface area contributed by atoms with Crippen molar-refractivity contribution < 1.29 is 4.79 Å². The van der Waals surface area contributed by atoms with Crippen molar-refractivity contribution >= 4 is 5.91 Å². The number of likely N-dealkylation sites (tertiary alicyclic amines) is 1. The smallest absolute Gasteiger partial charge is 0.237 e. The molecule has 3 N–H and O–H groups in total. The summed E-state index contributed by atoms with van der Waals surface area (Å²) in [7, 11) is 0. The van der Waals surface area contributed by atoms with E-state index in [9.17, 15) is 4.79 Å². The van der Waals surface area contributed by atoms with Gasteiger partial charge in [-0.15, -0.1) is 0 Å². The fraction of sp³-hybridized carbons (Fsp3) is 0.929. The fourth-order valence-electron chi connectivity index (χ4n) is 2.54. The highest BCUT2D eigenvalue weighted by Gasteiger charge is 2.19. The van der Waals surface area contributed by atoms with Crippen LogP contribution in [0, 0.1) is 5.92 Å². The second kappa shape index (κ2) is 7.74. The molecule has 1 amide bonds. The summed E-state index contributed by atoms with van der Waals surface area (Å²) >= 11 is 0. The van der Waals surface area contributed by atoms with Crippen LogP contribution in [0.3, 0.4) is 0 Å². The van der Waals surface area contributed by atoms with Gasteiger partial charge in [-0.1, -0.05) is 20.3 Å². The van der Waals surface area contributed by atoms with Crippen molar-refractivity contribution in [3.63, 3.8) is 0 Å². The zero-order chi connectivity index (χ0) is 13.5. The minimum atomic E-state index is -0.367. The Labute approximate surface area is 111 Å². The molecule has 1 aliphatic heterocycles. The number of hydrogen-bond acceptors (Lipinski definition) is 3. The molecule has 2 atom stereocenters. The molecule has 0 spiro atoms. The van der Waals surface area contributed by atoms with E-state index < -0.39 is 0 Å². The SMILES string of the molecule is CC(C)CC(N)C(=O)NC(C)CN1CCCCC1. The third-order valence-electron chi connectivity index (χ3n) is 3.43. The predicted molar refractivity (Wildman–Crippen MR) is 75.3 cm³/mol. The van der Waals surface area contributed by atoms with E-state index in [4.69, 9.17) is 5.73 Å². The summed E-state index contributed by atoms with van der Waals surface area (Å²) in [6, 6.07) is -0.178. The van der Waals surface area contributed by atoms with Crippen LogP contribution in [-0.2, 0) is 4.79 Å². The Bertz CT molecular complexity index is 249. The van der Waals surface area contributed by atoms with Crippen molar-refractivity contribution in [3.8, 4) is 0 Å². The summed E-state index contributed by atoms with van der Waals surface area (Å²) in [5, 5.41) is 3.03. The molecule has 0 radical (unpaired) electrons. The van der Waals surface area contributed by atoms with E-state index in [2.05, 4.69) is 31.0 Å². The van der Waals surface area contributed by atoms with E-state index in [0.29, 0.717) is 5.92 Å². The predicted octanol–water partition coefficient (Wildman–Crippen LogP) is 1.35. The van der Waals surface area contributed by atoms with Gasteiger partial charge in [-0.25, -0.2) is 0 Å².